The van der Waals surface area contributed by atoms with Gasteiger partial charge in [0.25, 0.3) is 0 Å². The van der Waals surface area contributed by atoms with E-state index in [0.29, 0.717) is 17.2 Å². The van der Waals surface area contributed by atoms with Crippen molar-refractivity contribution in [3.05, 3.63) is 11.3 Å². The van der Waals surface area contributed by atoms with E-state index in [-0.39, 0.29) is 0 Å². The van der Waals surface area contributed by atoms with E-state index in [1.807, 2.05) is 6.07 Å². The molecule has 0 aliphatic heterocycles. The Morgan fingerprint density at radius 1 is 1.70 bits per heavy atom. The highest BCUT2D eigenvalue weighted by Gasteiger charge is 2.25. The fourth-order valence-electron chi connectivity index (χ4n) is 0.794. The van der Waals surface area contributed by atoms with E-state index < -0.39 is 0 Å². The first-order chi connectivity index (χ1) is 4.79. The summed E-state index contributed by atoms with van der Waals surface area (Å²) >= 11 is 0. The predicted molar refractivity (Wildman–Crippen MR) is 38.3 cm³/mol. The molecular formula is C7H9N3. The van der Waals surface area contributed by atoms with Crippen molar-refractivity contribution in [3.8, 4) is 6.07 Å². The molecule has 0 atom stereocenters. The Morgan fingerprint density at radius 3 is 2.60 bits per heavy atom. The fourth-order valence-corrected chi connectivity index (χ4v) is 0.794. The number of nitriles is 1. The highest BCUT2D eigenvalue weighted by molar-refractivity contribution is 5.82. The minimum atomic E-state index is 0.322. The zero-order chi connectivity index (χ0) is 7.56. The molecule has 1 rings (SSSR count). The van der Waals surface area contributed by atoms with Gasteiger partial charge >= 0.3 is 0 Å². The molecule has 0 aromatic carbocycles. The van der Waals surface area contributed by atoms with Crippen LogP contribution in [0.2, 0.25) is 0 Å². The summed E-state index contributed by atoms with van der Waals surface area (Å²) in [5.41, 5.74) is 6.47. The van der Waals surface area contributed by atoms with Gasteiger partial charge in [-0.2, -0.15) is 5.26 Å². The van der Waals surface area contributed by atoms with Gasteiger partial charge in [-0.05, 0) is 18.8 Å². The Morgan fingerprint density at radius 2 is 2.30 bits per heavy atom. The van der Waals surface area contributed by atoms with Gasteiger partial charge in [0.05, 0.1) is 5.57 Å². The van der Waals surface area contributed by atoms with E-state index in [1.165, 1.54) is 0 Å². The topological polar surface area (TPSA) is 73.7 Å². The number of hydrogen-bond donors (Lipinski definition) is 2. The maximum atomic E-state index is 8.43. The lowest BCUT2D eigenvalue weighted by atomic mass is 10.2. The maximum absolute atomic E-state index is 8.43. The summed E-state index contributed by atoms with van der Waals surface area (Å²) in [6.45, 7) is 0. The summed E-state index contributed by atoms with van der Waals surface area (Å²) < 4.78 is 0. The van der Waals surface area contributed by atoms with Crippen molar-refractivity contribution in [2.24, 2.45) is 11.7 Å². The summed E-state index contributed by atoms with van der Waals surface area (Å²) in [5, 5.41) is 15.3. The minimum Gasteiger partial charge on any atom is -0.401 e. The molecule has 0 aromatic rings. The van der Waals surface area contributed by atoms with Crippen molar-refractivity contribution in [3.63, 3.8) is 0 Å². The second kappa shape index (κ2) is 2.53. The molecular weight excluding hydrogens is 126 g/mol. The van der Waals surface area contributed by atoms with Gasteiger partial charge in [-0.3, -0.25) is 0 Å². The Labute approximate surface area is 59.7 Å². The highest BCUT2D eigenvalue weighted by atomic mass is 14.6. The second-order valence-corrected chi connectivity index (χ2v) is 2.40. The van der Waals surface area contributed by atoms with Crippen LogP contribution < -0.4 is 5.73 Å². The monoisotopic (exact) mass is 135 g/mol. The molecule has 3 heteroatoms. The SMILES string of the molecule is N#CC(C=N)=C(N)C1CC1. The second-order valence-electron chi connectivity index (χ2n) is 2.40. The number of nitrogens with zero attached hydrogens (tertiary/aromatic N) is 1. The van der Waals surface area contributed by atoms with Crippen molar-refractivity contribution in [1.29, 1.82) is 10.7 Å². The number of hydrogen-bond acceptors (Lipinski definition) is 3. The summed E-state index contributed by atoms with van der Waals surface area (Å²) in [4.78, 5) is 0. The van der Waals surface area contributed by atoms with E-state index in [9.17, 15) is 0 Å². The van der Waals surface area contributed by atoms with Crippen molar-refractivity contribution < 1.29 is 0 Å². The van der Waals surface area contributed by atoms with Gasteiger partial charge in [0.2, 0.25) is 0 Å². The lowest BCUT2D eigenvalue weighted by Gasteiger charge is -1.95. The third-order valence-corrected chi connectivity index (χ3v) is 1.59. The quantitative estimate of drug-likeness (QED) is 0.433. The molecule has 3 nitrogen and oxygen atoms in total. The molecule has 0 saturated heterocycles. The van der Waals surface area contributed by atoms with E-state index >= 15 is 0 Å². The van der Waals surface area contributed by atoms with Crippen LogP contribution in [0.4, 0.5) is 0 Å². The maximum Gasteiger partial charge on any atom is 0.103 e. The Kier molecular flexibility index (Phi) is 1.72. The van der Waals surface area contributed by atoms with Gasteiger partial charge < -0.3 is 11.1 Å². The van der Waals surface area contributed by atoms with Gasteiger partial charge in [-0.15, -0.1) is 0 Å². The van der Waals surface area contributed by atoms with E-state index in [2.05, 4.69) is 0 Å². The van der Waals surface area contributed by atoms with E-state index in [1.54, 1.807) is 0 Å². The van der Waals surface area contributed by atoms with Crippen molar-refractivity contribution in [2.45, 2.75) is 12.8 Å². The fraction of sp³-hybridized carbons (Fsp3) is 0.429. The summed E-state index contributed by atoms with van der Waals surface area (Å²) in [7, 11) is 0. The Hall–Kier alpha value is -1.30. The van der Waals surface area contributed by atoms with Gasteiger partial charge in [-0.25, -0.2) is 0 Å². The van der Waals surface area contributed by atoms with Crippen LogP contribution in [0.25, 0.3) is 0 Å². The van der Waals surface area contributed by atoms with Crippen molar-refractivity contribution >= 4 is 6.21 Å². The number of allylic oxidation sites excluding steroid dienone is 2. The summed E-state index contributed by atoms with van der Waals surface area (Å²) in [6.07, 6.45) is 3.17. The van der Waals surface area contributed by atoms with Gasteiger partial charge in [0.15, 0.2) is 0 Å². The van der Waals surface area contributed by atoms with Crippen LogP contribution in [0.5, 0.6) is 0 Å². The molecule has 0 spiro atoms. The first kappa shape index (κ1) is 6.81. The van der Waals surface area contributed by atoms with Gasteiger partial charge in [0, 0.05) is 11.9 Å². The molecule has 0 bridgehead atoms. The molecule has 0 aromatic heterocycles. The third-order valence-electron chi connectivity index (χ3n) is 1.59. The molecule has 0 amide bonds. The minimum absolute atomic E-state index is 0.322. The van der Waals surface area contributed by atoms with E-state index in [0.717, 1.165) is 19.1 Å². The van der Waals surface area contributed by atoms with Crippen LogP contribution >= 0.6 is 0 Å². The Balaban J connectivity index is 2.79. The van der Waals surface area contributed by atoms with E-state index in [4.69, 9.17) is 16.4 Å². The van der Waals surface area contributed by atoms with Crippen LogP contribution in [0, 0.1) is 22.7 Å². The zero-order valence-electron chi connectivity index (χ0n) is 5.59. The lowest BCUT2D eigenvalue weighted by Crippen LogP contribution is -2.04. The average Bonchev–Trinajstić information content (AvgIpc) is 2.71. The number of nitrogens with one attached hydrogen (secondary N) is 1. The van der Waals surface area contributed by atoms with Crippen LogP contribution in [0.1, 0.15) is 12.8 Å². The smallest absolute Gasteiger partial charge is 0.103 e. The molecule has 1 aliphatic rings. The van der Waals surface area contributed by atoms with Crippen molar-refractivity contribution in [1.82, 2.24) is 0 Å². The summed E-state index contributed by atoms with van der Waals surface area (Å²) in [6, 6.07) is 1.88. The summed E-state index contributed by atoms with van der Waals surface area (Å²) in [5.74, 6) is 0.385. The molecule has 0 unspecified atom stereocenters. The Bertz CT molecular complexity index is 217. The largest absolute Gasteiger partial charge is 0.401 e. The molecule has 10 heavy (non-hydrogen) atoms. The lowest BCUT2D eigenvalue weighted by molar-refractivity contribution is 0.974. The molecule has 52 valence electrons. The standard InChI is InChI=1S/C7H9N3/c8-3-6(4-9)7(10)5-1-2-5/h3,5,8H,1-2,10H2. The average molecular weight is 135 g/mol. The van der Waals surface area contributed by atoms with Crippen molar-refractivity contribution in [2.75, 3.05) is 0 Å². The molecule has 1 fully saturated rings. The zero-order valence-corrected chi connectivity index (χ0v) is 5.59. The van der Waals surface area contributed by atoms with Gasteiger partial charge in [-0.1, -0.05) is 0 Å². The first-order valence-electron chi connectivity index (χ1n) is 3.19. The predicted octanol–water partition coefficient (Wildman–Crippen LogP) is 0.782. The molecule has 1 saturated carbocycles. The first-order valence-corrected chi connectivity index (χ1v) is 3.19. The van der Waals surface area contributed by atoms with Crippen LogP contribution in [0.3, 0.4) is 0 Å². The normalized spacial score (nSPS) is 19.1. The highest BCUT2D eigenvalue weighted by Crippen LogP contribution is 2.34. The molecule has 1 aliphatic carbocycles. The van der Waals surface area contributed by atoms with Crippen LogP contribution in [-0.4, -0.2) is 6.21 Å². The van der Waals surface area contributed by atoms with Crippen LogP contribution in [0.15, 0.2) is 11.3 Å². The molecule has 0 heterocycles. The number of nitrogens with two attached hydrogens (primary N) is 1. The molecule has 3 N–H and O–H groups in total. The van der Waals surface area contributed by atoms with Gasteiger partial charge in [0.1, 0.15) is 6.07 Å². The molecule has 0 radical (unpaired) electrons. The number of rotatable bonds is 2. The van der Waals surface area contributed by atoms with Crippen LogP contribution in [-0.2, 0) is 0 Å². The third kappa shape index (κ3) is 1.16.